The summed E-state index contributed by atoms with van der Waals surface area (Å²) in [4.78, 5) is 28.2. The zero-order chi connectivity index (χ0) is 17.0. The fourth-order valence-corrected chi connectivity index (χ4v) is 4.02. The van der Waals surface area contributed by atoms with E-state index in [1.807, 2.05) is 22.6 Å². The standard InChI is InChI=1S/C15H12IN3O3S/c1-3-22-15(21)14-12(16)10(7-17)13(23-14)9-4-5-18-11(6-9)19-8(2)20/h4-6H,3H2,1-2H3,(H,18,19,20). The Morgan fingerprint density at radius 3 is 2.87 bits per heavy atom. The summed E-state index contributed by atoms with van der Waals surface area (Å²) in [5.41, 5.74) is 1.12. The molecule has 118 valence electrons. The SMILES string of the molecule is CCOC(=O)c1sc(-c2ccnc(NC(C)=O)c2)c(C#N)c1I. The molecule has 8 heteroatoms. The van der Waals surface area contributed by atoms with Crippen LogP contribution in [0.4, 0.5) is 5.82 Å². The molecule has 0 fully saturated rings. The van der Waals surface area contributed by atoms with Crippen molar-refractivity contribution in [3.05, 3.63) is 32.3 Å². The number of hydrogen-bond donors (Lipinski definition) is 1. The number of aromatic nitrogens is 1. The van der Waals surface area contributed by atoms with E-state index in [4.69, 9.17) is 4.74 Å². The van der Waals surface area contributed by atoms with E-state index in [-0.39, 0.29) is 12.5 Å². The van der Waals surface area contributed by atoms with Crippen LogP contribution in [0.15, 0.2) is 18.3 Å². The molecule has 2 heterocycles. The average molecular weight is 441 g/mol. The average Bonchev–Trinajstić information content (AvgIpc) is 2.84. The first kappa shape index (κ1) is 17.4. The summed E-state index contributed by atoms with van der Waals surface area (Å²) in [7, 11) is 0. The van der Waals surface area contributed by atoms with Crippen LogP contribution in [0.25, 0.3) is 10.4 Å². The molecule has 0 aromatic carbocycles. The van der Waals surface area contributed by atoms with Crippen LogP contribution >= 0.6 is 33.9 Å². The number of carbonyl (C=O) groups is 2. The molecule has 1 amide bonds. The molecule has 0 atom stereocenters. The quantitative estimate of drug-likeness (QED) is 0.580. The molecule has 0 saturated heterocycles. The first-order valence-corrected chi connectivity index (χ1v) is 8.51. The maximum absolute atomic E-state index is 12.0. The van der Waals surface area contributed by atoms with E-state index in [0.717, 1.165) is 0 Å². The second-order valence-corrected chi connectivity index (χ2v) is 6.49. The maximum Gasteiger partial charge on any atom is 0.349 e. The van der Waals surface area contributed by atoms with E-state index in [1.54, 1.807) is 25.3 Å². The van der Waals surface area contributed by atoms with E-state index in [2.05, 4.69) is 16.4 Å². The predicted octanol–water partition coefficient (Wildman–Crippen LogP) is 3.42. The zero-order valence-corrected chi connectivity index (χ0v) is 15.3. The molecule has 0 aliphatic rings. The third-order valence-corrected chi connectivity index (χ3v) is 5.41. The molecule has 0 aliphatic carbocycles. The molecule has 23 heavy (non-hydrogen) atoms. The number of amides is 1. The van der Waals surface area contributed by atoms with Crippen LogP contribution in [0.1, 0.15) is 29.1 Å². The fraction of sp³-hybridized carbons (Fsp3) is 0.200. The lowest BCUT2D eigenvalue weighted by molar-refractivity contribution is -0.114. The van der Waals surface area contributed by atoms with Crippen molar-refractivity contribution in [3.63, 3.8) is 0 Å². The topological polar surface area (TPSA) is 92.1 Å². The van der Waals surface area contributed by atoms with Gasteiger partial charge in [0.2, 0.25) is 5.91 Å². The maximum atomic E-state index is 12.0. The zero-order valence-electron chi connectivity index (χ0n) is 12.3. The van der Waals surface area contributed by atoms with E-state index >= 15 is 0 Å². The van der Waals surface area contributed by atoms with Crippen molar-refractivity contribution < 1.29 is 14.3 Å². The highest BCUT2D eigenvalue weighted by Crippen LogP contribution is 2.38. The number of hydrogen-bond acceptors (Lipinski definition) is 6. The third kappa shape index (κ3) is 3.86. The molecule has 6 nitrogen and oxygen atoms in total. The van der Waals surface area contributed by atoms with Gasteiger partial charge >= 0.3 is 5.97 Å². The van der Waals surface area contributed by atoms with Gasteiger partial charge in [0.25, 0.3) is 0 Å². The summed E-state index contributed by atoms with van der Waals surface area (Å²) < 4.78 is 5.59. The number of carbonyl (C=O) groups excluding carboxylic acids is 2. The van der Waals surface area contributed by atoms with Gasteiger partial charge in [-0.15, -0.1) is 11.3 Å². The number of thiophene rings is 1. The fourth-order valence-electron chi connectivity index (χ4n) is 1.86. The van der Waals surface area contributed by atoms with Crippen LogP contribution < -0.4 is 5.32 Å². The lowest BCUT2D eigenvalue weighted by Gasteiger charge is -2.03. The summed E-state index contributed by atoms with van der Waals surface area (Å²) in [5.74, 6) is -0.288. The van der Waals surface area contributed by atoms with Gasteiger partial charge in [-0.3, -0.25) is 4.79 Å². The van der Waals surface area contributed by atoms with Gasteiger partial charge in [0, 0.05) is 13.1 Å². The molecule has 0 bridgehead atoms. The first-order chi connectivity index (χ1) is 11.0. The molecule has 2 aromatic rings. The number of ether oxygens (including phenoxy) is 1. The van der Waals surface area contributed by atoms with Crippen LogP contribution in [0.5, 0.6) is 0 Å². The van der Waals surface area contributed by atoms with Gasteiger partial charge in [-0.2, -0.15) is 5.26 Å². The molecular weight excluding hydrogens is 429 g/mol. The molecule has 0 spiro atoms. The molecule has 0 unspecified atom stereocenters. The van der Waals surface area contributed by atoms with Crippen molar-refractivity contribution in [3.8, 4) is 16.5 Å². The monoisotopic (exact) mass is 441 g/mol. The Labute approximate surface area is 150 Å². The van der Waals surface area contributed by atoms with Crippen molar-refractivity contribution in [1.82, 2.24) is 4.98 Å². The number of nitriles is 1. The van der Waals surface area contributed by atoms with Crippen LogP contribution in [0, 0.1) is 14.9 Å². The minimum atomic E-state index is -0.444. The van der Waals surface area contributed by atoms with Crippen molar-refractivity contribution in [1.29, 1.82) is 5.26 Å². The second kappa shape index (κ2) is 7.52. The largest absolute Gasteiger partial charge is 0.462 e. The van der Waals surface area contributed by atoms with Crippen LogP contribution in [0.2, 0.25) is 0 Å². The first-order valence-electron chi connectivity index (χ1n) is 6.61. The van der Waals surface area contributed by atoms with Crippen molar-refractivity contribution in [2.24, 2.45) is 0 Å². The number of nitrogens with zero attached hydrogens (tertiary/aromatic N) is 2. The van der Waals surface area contributed by atoms with Crippen LogP contribution in [0.3, 0.4) is 0 Å². The Bertz CT molecular complexity index is 811. The summed E-state index contributed by atoms with van der Waals surface area (Å²) in [6.07, 6.45) is 1.54. The Hall–Kier alpha value is -1.99. The Kier molecular flexibility index (Phi) is 5.68. The Morgan fingerprint density at radius 2 is 2.26 bits per heavy atom. The van der Waals surface area contributed by atoms with Gasteiger partial charge in [-0.1, -0.05) is 0 Å². The van der Waals surface area contributed by atoms with E-state index in [9.17, 15) is 14.9 Å². The molecule has 0 aliphatic heterocycles. The number of esters is 1. The summed E-state index contributed by atoms with van der Waals surface area (Å²) in [5, 5.41) is 12.0. The van der Waals surface area contributed by atoms with Gasteiger partial charge in [0.15, 0.2) is 0 Å². The van der Waals surface area contributed by atoms with Gasteiger partial charge in [-0.25, -0.2) is 9.78 Å². The van der Waals surface area contributed by atoms with Crippen molar-refractivity contribution in [2.75, 3.05) is 11.9 Å². The lowest BCUT2D eigenvalue weighted by atomic mass is 10.1. The Balaban J connectivity index is 2.51. The highest BCUT2D eigenvalue weighted by molar-refractivity contribution is 14.1. The van der Waals surface area contributed by atoms with Gasteiger partial charge in [0.1, 0.15) is 16.8 Å². The smallest absolute Gasteiger partial charge is 0.349 e. The normalized spacial score (nSPS) is 10.0. The second-order valence-electron chi connectivity index (χ2n) is 4.39. The van der Waals surface area contributed by atoms with Gasteiger partial charge in [0.05, 0.1) is 20.6 Å². The number of anilines is 1. The highest BCUT2D eigenvalue weighted by atomic mass is 127. The predicted molar refractivity (Wildman–Crippen MR) is 95.2 cm³/mol. The Morgan fingerprint density at radius 1 is 1.52 bits per heavy atom. The van der Waals surface area contributed by atoms with Crippen molar-refractivity contribution >= 4 is 51.6 Å². The van der Waals surface area contributed by atoms with Gasteiger partial charge in [-0.05, 0) is 47.2 Å². The number of rotatable bonds is 4. The minimum Gasteiger partial charge on any atom is -0.462 e. The van der Waals surface area contributed by atoms with Crippen molar-refractivity contribution in [2.45, 2.75) is 13.8 Å². The minimum absolute atomic E-state index is 0.233. The van der Waals surface area contributed by atoms with E-state index in [1.165, 1.54) is 18.3 Å². The number of pyridine rings is 1. The number of nitrogens with one attached hydrogen (secondary N) is 1. The number of halogens is 1. The van der Waals surface area contributed by atoms with Crippen LogP contribution in [-0.4, -0.2) is 23.5 Å². The highest BCUT2D eigenvalue weighted by Gasteiger charge is 2.23. The molecule has 2 rings (SSSR count). The lowest BCUT2D eigenvalue weighted by Crippen LogP contribution is -2.07. The van der Waals surface area contributed by atoms with E-state index < -0.39 is 5.97 Å². The van der Waals surface area contributed by atoms with E-state index in [0.29, 0.717) is 30.3 Å². The van der Waals surface area contributed by atoms with Gasteiger partial charge < -0.3 is 10.1 Å². The molecule has 1 N–H and O–H groups in total. The third-order valence-electron chi connectivity index (χ3n) is 2.75. The summed E-state index contributed by atoms with van der Waals surface area (Å²) in [6, 6.07) is 5.52. The van der Waals surface area contributed by atoms with Crippen LogP contribution in [-0.2, 0) is 9.53 Å². The summed E-state index contributed by atoms with van der Waals surface area (Å²) >= 11 is 3.17. The molecule has 0 saturated carbocycles. The molecule has 0 radical (unpaired) electrons. The summed E-state index contributed by atoms with van der Waals surface area (Å²) in [6.45, 7) is 3.39. The molecular formula is C15H12IN3O3S. The molecule has 2 aromatic heterocycles.